The Kier molecular flexibility index (Phi) is 3.34. The van der Waals surface area contributed by atoms with Crippen molar-refractivity contribution in [3.8, 4) is 11.3 Å². The first-order valence-electron chi connectivity index (χ1n) is 5.46. The van der Waals surface area contributed by atoms with Gasteiger partial charge in [0.15, 0.2) is 0 Å². The van der Waals surface area contributed by atoms with Gasteiger partial charge in [-0.25, -0.2) is 9.78 Å². The van der Waals surface area contributed by atoms with Crippen molar-refractivity contribution in [2.75, 3.05) is 0 Å². The highest BCUT2D eigenvalue weighted by atomic mass is 35.5. The van der Waals surface area contributed by atoms with Crippen molar-refractivity contribution in [2.45, 2.75) is 13.8 Å². The van der Waals surface area contributed by atoms with Crippen LogP contribution < -0.4 is 0 Å². The van der Waals surface area contributed by atoms with Gasteiger partial charge in [-0.2, -0.15) is 0 Å². The predicted octanol–water partition coefficient (Wildman–Crippen LogP) is 3.72. The summed E-state index contributed by atoms with van der Waals surface area (Å²) in [5, 5.41) is 9.33. The molecule has 0 radical (unpaired) electrons. The van der Waals surface area contributed by atoms with Crippen LogP contribution in [0.25, 0.3) is 11.3 Å². The Hall–Kier alpha value is -1.87. The fourth-order valence-corrected chi connectivity index (χ4v) is 1.86. The Bertz CT molecular complexity index is 623. The summed E-state index contributed by atoms with van der Waals surface area (Å²) in [7, 11) is 0. The maximum absolute atomic E-state index is 10.9. The third kappa shape index (κ3) is 2.51. The maximum Gasteiger partial charge on any atom is 0.354 e. The van der Waals surface area contributed by atoms with Crippen molar-refractivity contribution >= 4 is 17.6 Å². The van der Waals surface area contributed by atoms with Crippen LogP contribution in [0.3, 0.4) is 0 Å². The van der Waals surface area contributed by atoms with Crippen LogP contribution in [0.5, 0.6) is 0 Å². The summed E-state index contributed by atoms with van der Waals surface area (Å²) in [6, 6.07) is 8.87. The summed E-state index contributed by atoms with van der Waals surface area (Å²) in [6.07, 6.45) is 0. The molecule has 0 saturated carbocycles. The lowest BCUT2D eigenvalue weighted by Crippen LogP contribution is -2.01. The molecule has 0 aliphatic rings. The molecule has 3 nitrogen and oxygen atoms in total. The SMILES string of the molecule is Cc1ccc(-c2cc(Cl)cc(C(=O)O)n2)cc1C. The molecule has 1 aromatic heterocycles. The van der Waals surface area contributed by atoms with E-state index < -0.39 is 5.97 Å². The predicted molar refractivity (Wildman–Crippen MR) is 71.1 cm³/mol. The van der Waals surface area contributed by atoms with Crippen LogP contribution in [0, 0.1) is 13.8 Å². The fourth-order valence-electron chi connectivity index (χ4n) is 1.66. The van der Waals surface area contributed by atoms with Gasteiger partial charge in [-0.05, 0) is 43.2 Å². The molecule has 0 aliphatic carbocycles. The van der Waals surface area contributed by atoms with Crippen molar-refractivity contribution in [2.24, 2.45) is 0 Å². The van der Waals surface area contributed by atoms with E-state index in [1.807, 2.05) is 32.0 Å². The maximum atomic E-state index is 10.9. The third-order valence-corrected chi connectivity index (χ3v) is 3.03. The molecule has 0 bridgehead atoms. The topological polar surface area (TPSA) is 50.2 Å². The molecule has 18 heavy (non-hydrogen) atoms. The van der Waals surface area contributed by atoms with Crippen LogP contribution in [-0.2, 0) is 0 Å². The molecule has 1 N–H and O–H groups in total. The van der Waals surface area contributed by atoms with E-state index >= 15 is 0 Å². The van der Waals surface area contributed by atoms with Crippen LogP contribution >= 0.6 is 11.6 Å². The molecule has 0 atom stereocenters. The number of carboxylic acids is 1. The Balaban J connectivity index is 2.56. The minimum atomic E-state index is -1.08. The fraction of sp³-hybridized carbons (Fsp3) is 0.143. The lowest BCUT2D eigenvalue weighted by molar-refractivity contribution is 0.0690. The van der Waals surface area contributed by atoms with E-state index in [9.17, 15) is 4.79 Å². The van der Waals surface area contributed by atoms with E-state index in [0.717, 1.165) is 11.1 Å². The average molecular weight is 262 g/mol. The number of nitrogens with zero attached hydrogens (tertiary/aromatic N) is 1. The van der Waals surface area contributed by atoms with E-state index in [1.165, 1.54) is 11.6 Å². The molecule has 0 amide bonds. The molecule has 0 spiro atoms. The van der Waals surface area contributed by atoms with Gasteiger partial charge in [0.1, 0.15) is 5.69 Å². The second-order valence-corrected chi connectivity index (χ2v) is 4.60. The smallest absolute Gasteiger partial charge is 0.354 e. The molecule has 92 valence electrons. The Labute approximate surface area is 110 Å². The van der Waals surface area contributed by atoms with Gasteiger partial charge >= 0.3 is 5.97 Å². The van der Waals surface area contributed by atoms with Gasteiger partial charge in [-0.15, -0.1) is 0 Å². The Morgan fingerprint density at radius 3 is 2.50 bits per heavy atom. The molecule has 0 saturated heterocycles. The quantitative estimate of drug-likeness (QED) is 0.896. The zero-order valence-corrected chi connectivity index (χ0v) is 10.8. The first-order valence-corrected chi connectivity index (χ1v) is 5.83. The second kappa shape index (κ2) is 4.78. The van der Waals surface area contributed by atoms with Crippen molar-refractivity contribution in [3.63, 3.8) is 0 Å². The number of aryl methyl sites for hydroxylation is 2. The van der Waals surface area contributed by atoms with Gasteiger partial charge in [0.25, 0.3) is 0 Å². The summed E-state index contributed by atoms with van der Waals surface area (Å²) in [4.78, 5) is 15.0. The lowest BCUT2D eigenvalue weighted by atomic mass is 10.0. The normalized spacial score (nSPS) is 10.4. The highest BCUT2D eigenvalue weighted by Gasteiger charge is 2.10. The van der Waals surface area contributed by atoms with Gasteiger partial charge in [-0.1, -0.05) is 23.7 Å². The number of hydrogen-bond acceptors (Lipinski definition) is 2. The van der Waals surface area contributed by atoms with Crippen molar-refractivity contribution in [3.05, 3.63) is 52.2 Å². The lowest BCUT2D eigenvalue weighted by Gasteiger charge is -2.06. The zero-order valence-electron chi connectivity index (χ0n) is 10.1. The summed E-state index contributed by atoms with van der Waals surface area (Å²) in [5.74, 6) is -1.08. The van der Waals surface area contributed by atoms with Gasteiger partial charge < -0.3 is 5.11 Å². The summed E-state index contributed by atoms with van der Waals surface area (Å²) >= 11 is 5.91. The minimum absolute atomic E-state index is 0.0456. The van der Waals surface area contributed by atoms with Crippen molar-refractivity contribution in [1.82, 2.24) is 4.98 Å². The highest BCUT2D eigenvalue weighted by molar-refractivity contribution is 6.31. The van der Waals surface area contributed by atoms with Gasteiger partial charge in [0.2, 0.25) is 0 Å². The van der Waals surface area contributed by atoms with E-state index in [1.54, 1.807) is 6.07 Å². The summed E-state index contributed by atoms with van der Waals surface area (Å²) < 4.78 is 0. The molecular formula is C14H12ClNO2. The first-order chi connectivity index (χ1) is 8.47. The number of carbonyl (C=O) groups is 1. The van der Waals surface area contributed by atoms with Crippen LogP contribution in [0.15, 0.2) is 30.3 Å². The summed E-state index contributed by atoms with van der Waals surface area (Å²) in [6.45, 7) is 4.02. The monoisotopic (exact) mass is 261 g/mol. The van der Waals surface area contributed by atoms with E-state index in [-0.39, 0.29) is 5.69 Å². The molecule has 1 aromatic carbocycles. The van der Waals surface area contributed by atoms with Crippen LogP contribution in [0.2, 0.25) is 5.02 Å². The van der Waals surface area contributed by atoms with Gasteiger partial charge in [-0.3, -0.25) is 0 Å². The summed E-state index contributed by atoms with van der Waals surface area (Å²) in [5.41, 5.74) is 3.70. The molecule has 4 heteroatoms. The van der Waals surface area contributed by atoms with Crippen molar-refractivity contribution < 1.29 is 9.90 Å². The number of aromatic nitrogens is 1. The van der Waals surface area contributed by atoms with E-state index in [4.69, 9.17) is 16.7 Å². The molecule has 0 unspecified atom stereocenters. The van der Waals surface area contributed by atoms with Crippen LogP contribution in [-0.4, -0.2) is 16.1 Å². The Morgan fingerprint density at radius 1 is 1.17 bits per heavy atom. The average Bonchev–Trinajstić information content (AvgIpc) is 2.31. The largest absolute Gasteiger partial charge is 0.477 e. The number of carboxylic acid groups (broad SMARTS) is 1. The first kappa shape index (κ1) is 12.6. The molecule has 2 aromatic rings. The van der Waals surface area contributed by atoms with E-state index in [2.05, 4.69) is 4.98 Å². The molecule has 1 heterocycles. The van der Waals surface area contributed by atoms with E-state index in [0.29, 0.717) is 10.7 Å². The zero-order chi connectivity index (χ0) is 13.3. The molecule has 2 rings (SSSR count). The van der Waals surface area contributed by atoms with Gasteiger partial charge in [0.05, 0.1) is 5.69 Å². The highest BCUT2D eigenvalue weighted by Crippen LogP contribution is 2.24. The minimum Gasteiger partial charge on any atom is -0.477 e. The number of hydrogen-bond donors (Lipinski definition) is 1. The number of halogens is 1. The number of pyridine rings is 1. The number of aromatic carboxylic acids is 1. The molecule has 0 aliphatic heterocycles. The van der Waals surface area contributed by atoms with Gasteiger partial charge in [0, 0.05) is 10.6 Å². The second-order valence-electron chi connectivity index (χ2n) is 4.16. The van der Waals surface area contributed by atoms with Crippen molar-refractivity contribution in [1.29, 1.82) is 0 Å². The standard InChI is InChI=1S/C14H12ClNO2/c1-8-3-4-10(5-9(8)2)12-6-11(15)7-13(16-12)14(17)18/h3-7H,1-2H3,(H,17,18). The molecule has 0 fully saturated rings. The van der Waals surface area contributed by atoms with Crippen LogP contribution in [0.4, 0.5) is 0 Å². The van der Waals surface area contributed by atoms with Crippen LogP contribution in [0.1, 0.15) is 21.6 Å². The number of rotatable bonds is 2. The Morgan fingerprint density at radius 2 is 1.89 bits per heavy atom. The third-order valence-electron chi connectivity index (χ3n) is 2.81. The number of benzene rings is 1. The molecular weight excluding hydrogens is 250 g/mol.